The van der Waals surface area contributed by atoms with E-state index >= 15 is 0 Å². The average molecular weight is 317 g/mol. The summed E-state index contributed by atoms with van der Waals surface area (Å²) in [5, 5.41) is 2.85. The van der Waals surface area contributed by atoms with E-state index in [9.17, 15) is 9.59 Å². The molecule has 1 aliphatic heterocycles. The predicted molar refractivity (Wildman–Crippen MR) is 91.1 cm³/mol. The van der Waals surface area contributed by atoms with Gasteiger partial charge in [-0.15, -0.1) is 0 Å². The van der Waals surface area contributed by atoms with Gasteiger partial charge in [-0.3, -0.25) is 9.69 Å². The van der Waals surface area contributed by atoms with Crippen LogP contribution in [0.4, 0.5) is 4.79 Å². The molecule has 1 unspecified atom stereocenters. The third-order valence-electron chi connectivity index (χ3n) is 4.35. The van der Waals surface area contributed by atoms with Gasteiger partial charge >= 0.3 is 6.03 Å². The first-order valence-corrected chi connectivity index (χ1v) is 8.45. The van der Waals surface area contributed by atoms with Gasteiger partial charge in [0.1, 0.15) is 5.54 Å². The quantitative estimate of drug-likeness (QED) is 0.750. The summed E-state index contributed by atoms with van der Waals surface area (Å²) in [6, 6.07) is 9.12. The molecule has 3 amide bonds. The van der Waals surface area contributed by atoms with Gasteiger partial charge in [0.2, 0.25) is 0 Å². The van der Waals surface area contributed by atoms with E-state index in [1.807, 2.05) is 30.3 Å². The number of hydrogen-bond donors (Lipinski definition) is 1. The molecule has 0 bridgehead atoms. The van der Waals surface area contributed by atoms with Crippen LogP contribution in [-0.2, 0) is 10.3 Å². The Balaban J connectivity index is 2.07. The largest absolute Gasteiger partial charge is 0.325 e. The van der Waals surface area contributed by atoms with Crippen molar-refractivity contribution in [3.8, 4) is 0 Å². The van der Waals surface area contributed by atoms with Crippen LogP contribution in [-0.4, -0.2) is 47.9 Å². The fraction of sp³-hybridized carbons (Fsp3) is 0.556. The van der Waals surface area contributed by atoms with E-state index in [0.717, 1.165) is 38.0 Å². The number of benzene rings is 1. The fourth-order valence-corrected chi connectivity index (χ4v) is 3.08. The zero-order valence-corrected chi connectivity index (χ0v) is 14.3. The molecule has 5 nitrogen and oxygen atoms in total. The van der Waals surface area contributed by atoms with Crippen molar-refractivity contribution in [1.82, 2.24) is 15.1 Å². The molecule has 0 saturated carbocycles. The van der Waals surface area contributed by atoms with Crippen LogP contribution < -0.4 is 5.32 Å². The van der Waals surface area contributed by atoms with Gasteiger partial charge in [0.15, 0.2) is 0 Å². The molecule has 1 aromatic carbocycles. The van der Waals surface area contributed by atoms with Crippen LogP contribution in [0.1, 0.15) is 39.2 Å². The zero-order chi connectivity index (χ0) is 16.9. The van der Waals surface area contributed by atoms with Gasteiger partial charge < -0.3 is 10.2 Å². The van der Waals surface area contributed by atoms with Gasteiger partial charge in [-0.1, -0.05) is 44.2 Å². The maximum absolute atomic E-state index is 12.8. The highest BCUT2D eigenvalue weighted by Gasteiger charge is 2.48. The second kappa shape index (κ2) is 7.59. The molecular weight excluding hydrogens is 290 g/mol. The summed E-state index contributed by atoms with van der Waals surface area (Å²) in [7, 11) is 0. The summed E-state index contributed by atoms with van der Waals surface area (Å²) in [4.78, 5) is 28.7. The lowest BCUT2D eigenvalue weighted by Crippen LogP contribution is -2.42. The van der Waals surface area contributed by atoms with Gasteiger partial charge in [0.05, 0.1) is 0 Å². The number of amides is 3. The number of urea groups is 1. The van der Waals surface area contributed by atoms with E-state index in [1.165, 1.54) is 4.90 Å². The van der Waals surface area contributed by atoms with Crippen LogP contribution in [0.25, 0.3) is 0 Å². The lowest BCUT2D eigenvalue weighted by molar-refractivity contribution is -0.131. The van der Waals surface area contributed by atoms with Gasteiger partial charge in [-0.25, -0.2) is 4.79 Å². The van der Waals surface area contributed by atoms with Crippen molar-refractivity contribution in [2.75, 3.05) is 26.2 Å². The monoisotopic (exact) mass is 317 g/mol. The molecule has 5 heteroatoms. The molecule has 2 rings (SSSR count). The molecule has 1 aliphatic rings. The van der Waals surface area contributed by atoms with Crippen molar-refractivity contribution < 1.29 is 9.59 Å². The van der Waals surface area contributed by atoms with Crippen molar-refractivity contribution in [2.45, 2.75) is 39.2 Å². The molecule has 126 valence electrons. The molecule has 0 aromatic heterocycles. The first-order valence-electron chi connectivity index (χ1n) is 8.45. The second-order valence-electron chi connectivity index (χ2n) is 6.22. The number of rotatable bonds is 8. The van der Waals surface area contributed by atoms with Crippen LogP contribution in [0.15, 0.2) is 30.3 Å². The molecular formula is C18H27N3O2. The third kappa shape index (κ3) is 3.72. The van der Waals surface area contributed by atoms with Crippen LogP contribution in [0.3, 0.4) is 0 Å². The molecule has 23 heavy (non-hydrogen) atoms. The van der Waals surface area contributed by atoms with E-state index in [2.05, 4.69) is 24.1 Å². The Labute approximate surface area is 138 Å². The smallest absolute Gasteiger partial charge is 0.319 e. The highest BCUT2D eigenvalue weighted by Crippen LogP contribution is 2.28. The average Bonchev–Trinajstić information content (AvgIpc) is 2.77. The SMILES string of the molecule is CCCN(CCC)CCN1C(=O)NC(C)(c2ccccc2)C1=O. The van der Waals surface area contributed by atoms with Crippen molar-refractivity contribution in [3.63, 3.8) is 0 Å². The Morgan fingerprint density at radius 2 is 1.65 bits per heavy atom. The fourth-order valence-electron chi connectivity index (χ4n) is 3.08. The summed E-state index contributed by atoms with van der Waals surface area (Å²) >= 11 is 0. The van der Waals surface area contributed by atoms with Crippen molar-refractivity contribution >= 4 is 11.9 Å². The van der Waals surface area contributed by atoms with Gasteiger partial charge in [0, 0.05) is 13.1 Å². The number of hydrogen-bond acceptors (Lipinski definition) is 3. The maximum Gasteiger partial charge on any atom is 0.325 e. The number of carbonyl (C=O) groups excluding carboxylic acids is 2. The molecule has 1 heterocycles. The predicted octanol–water partition coefficient (Wildman–Crippen LogP) is 2.58. The Bertz CT molecular complexity index is 540. The number of imide groups is 1. The zero-order valence-electron chi connectivity index (χ0n) is 14.3. The van der Waals surface area contributed by atoms with Crippen LogP contribution in [0.2, 0.25) is 0 Å². The molecule has 0 aliphatic carbocycles. The van der Waals surface area contributed by atoms with E-state index in [-0.39, 0.29) is 11.9 Å². The van der Waals surface area contributed by atoms with Crippen molar-refractivity contribution in [2.24, 2.45) is 0 Å². The minimum Gasteiger partial charge on any atom is -0.319 e. The maximum atomic E-state index is 12.8. The normalized spacial score (nSPS) is 21.1. The molecule has 1 N–H and O–H groups in total. The number of nitrogens with one attached hydrogen (secondary N) is 1. The highest BCUT2D eigenvalue weighted by molar-refractivity contribution is 6.07. The third-order valence-corrected chi connectivity index (χ3v) is 4.35. The topological polar surface area (TPSA) is 52.6 Å². The van der Waals surface area contributed by atoms with E-state index in [1.54, 1.807) is 6.92 Å². The van der Waals surface area contributed by atoms with Gasteiger partial charge in [-0.2, -0.15) is 0 Å². The standard InChI is InChI=1S/C18H27N3O2/c1-4-11-20(12-5-2)13-14-21-16(22)18(3,19-17(21)23)15-9-7-6-8-10-15/h6-10H,4-5,11-14H2,1-3H3,(H,19,23). The lowest BCUT2D eigenvalue weighted by Gasteiger charge is -2.25. The summed E-state index contributed by atoms with van der Waals surface area (Å²) < 4.78 is 0. The number of nitrogens with zero attached hydrogens (tertiary/aromatic N) is 2. The highest BCUT2D eigenvalue weighted by atomic mass is 16.2. The first kappa shape index (κ1) is 17.5. The van der Waals surface area contributed by atoms with Gasteiger partial charge in [0.25, 0.3) is 5.91 Å². The van der Waals surface area contributed by atoms with Crippen molar-refractivity contribution in [3.05, 3.63) is 35.9 Å². The second-order valence-corrected chi connectivity index (χ2v) is 6.22. The van der Waals surface area contributed by atoms with Crippen LogP contribution in [0, 0.1) is 0 Å². The summed E-state index contributed by atoms with van der Waals surface area (Å²) in [6.07, 6.45) is 2.14. The summed E-state index contributed by atoms with van der Waals surface area (Å²) in [5.41, 5.74) is -0.140. The van der Waals surface area contributed by atoms with Crippen LogP contribution in [0.5, 0.6) is 0 Å². The van der Waals surface area contributed by atoms with Crippen molar-refractivity contribution in [1.29, 1.82) is 0 Å². The summed E-state index contributed by atoms with van der Waals surface area (Å²) in [5.74, 6) is -0.165. The molecule has 0 radical (unpaired) electrons. The minimum absolute atomic E-state index is 0.165. The molecule has 1 saturated heterocycles. The Morgan fingerprint density at radius 1 is 1.04 bits per heavy atom. The minimum atomic E-state index is -0.960. The molecule has 1 aromatic rings. The molecule has 1 atom stereocenters. The Kier molecular flexibility index (Phi) is 5.77. The molecule has 0 spiro atoms. The van der Waals surface area contributed by atoms with E-state index in [0.29, 0.717) is 6.54 Å². The van der Waals surface area contributed by atoms with Gasteiger partial charge in [-0.05, 0) is 38.4 Å². The Hall–Kier alpha value is -1.88. The summed E-state index contributed by atoms with van der Waals surface area (Å²) in [6.45, 7) is 9.21. The lowest BCUT2D eigenvalue weighted by atomic mass is 9.92. The van der Waals surface area contributed by atoms with E-state index in [4.69, 9.17) is 0 Å². The Morgan fingerprint density at radius 3 is 2.22 bits per heavy atom. The number of carbonyl (C=O) groups is 2. The molecule has 1 fully saturated rings. The van der Waals surface area contributed by atoms with Crippen LogP contribution >= 0.6 is 0 Å². The first-order chi connectivity index (χ1) is 11.0. The van der Waals surface area contributed by atoms with E-state index < -0.39 is 5.54 Å².